The number of unbranched alkanes of at least 4 members (excludes halogenated alkanes) is 3. The third-order valence-electron chi connectivity index (χ3n) is 4.49. The summed E-state index contributed by atoms with van der Waals surface area (Å²) < 4.78 is 1.82. The van der Waals surface area contributed by atoms with Gasteiger partial charge in [0.15, 0.2) is 5.16 Å². The standard InChI is InChI=1S/C18H23N3OS2/c1-3-4-5-6-10-21-17(22)15-13-8-7-9-14(13)24-16(15)20-18(21)23-12(2)11-19/h12H,3-10H2,1-2H3. The first-order valence-corrected chi connectivity index (χ1v) is 10.5. The van der Waals surface area contributed by atoms with Crippen molar-refractivity contribution in [1.82, 2.24) is 9.55 Å². The Morgan fingerprint density at radius 1 is 1.38 bits per heavy atom. The number of hydrogen-bond acceptors (Lipinski definition) is 5. The normalized spacial score (nSPS) is 14.7. The van der Waals surface area contributed by atoms with Crippen LogP contribution in [0.25, 0.3) is 10.2 Å². The number of rotatable bonds is 7. The molecular formula is C18H23N3OS2. The lowest BCUT2D eigenvalue weighted by atomic mass is 10.2. The van der Waals surface area contributed by atoms with Gasteiger partial charge in [0, 0.05) is 11.4 Å². The fourth-order valence-electron chi connectivity index (χ4n) is 3.23. The molecule has 128 valence electrons. The fraction of sp³-hybridized carbons (Fsp3) is 0.611. The van der Waals surface area contributed by atoms with Gasteiger partial charge in [0.1, 0.15) is 4.83 Å². The Bertz CT molecular complexity index is 831. The third kappa shape index (κ3) is 3.38. The maximum Gasteiger partial charge on any atom is 0.263 e. The van der Waals surface area contributed by atoms with E-state index in [0.717, 1.165) is 42.3 Å². The van der Waals surface area contributed by atoms with E-state index in [2.05, 4.69) is 13.0 Å². The first-order valence-electron chi connectivity index (χ1n) is 8.77. The minimum Gasteiger partial charge on any atom is -0.287 e. The van der Waals surface area contributed by atoms with Gasteiger partial charge in [-0.05, 0) is 38.2 Å². The molecule has 24 heavy (non-hydrogen) atoms. The number of aryl methyl sites for hydroxylation is 2. The van der Waals surface area contributed by atoms with Crippen LogP contribution in [-0.2, 0) is 19.4 Å². The molecule has 2 aromatic rings. The van der Waals surface area contributed by atoms with E-state index in [4.69, 9.17) is 10.2 Å². The summed E-state index contributed by atoms with van der Waals surface area (Å²) >= 11 is 3.07. The van der Waals surface area contributed by atoms with Crippen LogP contribution in [0.3, 0.4) is 0 Å². The minimum atomic E-state index is -0.206. The number of nitrogens with zero attached hydrogens (tertiary/aromatic N) is 3. The highest BCUT2D eigenvalue weighted by molar-refractivity contribution is 8.00. The second-order valence-electron chi connectivity index (χ2n) is 6.34. The lowest BCUT2D eigenvalue weighted by Crippen LogP contribution is -2.24. The average molecular weight is 362 g/mol. The van der Waals surface area contributed by atoms with Crippen LogP contribution >= 0.6 is 23.1 Å². The average Bonchev–Trinajstić information content (AvgIpc) is 3.14. The molecule has 2 heterocycles. The lowest BCUT2D eigenvalue weighted by Gasteiger charge is -2.13. The van der Waals surface area contributed by atoms with E-state index in [1.165, 1.54) is 35.0 Å². The third-order valence-corrected chi connectivity index (χ3v) is 6.66. The largest absolute Gasteiger partial charge is 0.287 e. The van der Waals surface area contributed by atoms with Crippen LogP contribution in [0.1, 0.15) is 56.4 Å². The van der Waals surface area contributed by atoms with E-state index >= 15 is 0 Å². The molecule has 1 atom stereocenters. The zero-order valence-electron chi connectivity index (χ0n) is 14.3. The maximum atomic E-state index is 13.1. The van der Waals surface area contributed by atoms with E-state index in [1.54, 1.807) is 11.3 Å². The Kier molecular flexibility index (Phi) is 5.62. The summed E-state index contributed by atoms with van der Waals surface area (Å²) in [7, 11) is 0. The quantitative estimate of drug-likeness (QED) is 0.413. The molecule has 0 saturated heterocycles. The summed E-state index contributed by atoms with van der Waals surface area (Å²) in [5.74, 6) is 0. The second-order valence-corrected chi connectivity index (χ2v) is 8.73. The Labute approximate surface area is 150 Å². The van der Waals surface area contributed by atoms with Gasteiger partial charge in [0.25, 0.3) is 5.56 Å². The minimum absolute atomic E-state index is 0.100. The molecule has 0 aliphatic heterocycles. The van der Waals surface area contributed by atoms with Crippen molar-refractivity contribution in [2.45, 2.75) is 75.7 Å². The molecule has 0 spiro atoms. The van der Waals surface area contributed by atoms with Gasteiger partial charge in [0.2, 0.25) is 0 Å². The summed E-state index contributed by atoms with van der Waals surface area (Å²) in [5.41, 5.74) is 1.34. The molecule has 0 saturated carbocycles. The van der Waals surface area contributed by atoms with Gasteiger partial charge >= 0.3 is 0 Å². The molecule has 0 amide bonds. The van der Waals surface area contributed by atoms with E-state index in [0.29, 0.717) is 11.7 Å². The van der Waals surface area contributed by atoms with Gasteiger partial charge in [0.05, 0.1) is 16.7 Å². The maximum absolute atomic E-state index is 13.1. The number of thiophene rings is 1. The molecule has 2 aromatic heterocycles. The van der Waals surface area contributed by atoms with Crippen molar-refractivity contribution in [1.29, 1.82) is 5.26 Å². The van der Waals surface area contributed by atoms with E-state index in [-0.39, 0.29) is 10.8 Å². The van der Waals surface area contributed by atoms with Crippen molar-refractivity contribution >= 4 is 33.3 Å². The van der Waals surface area contributed by atoms with Gasteiger partial charge in [-0.15, -0.1) is 11.3 Å². The molecule has 1 aliphatic rings. The van der Waals surface area contributed by atoms with E-state index in [1.807, 2.05) is 11.5 Å². The topological polar surface area (TPSA) is 58.7 Å². The molecule has 1 aliphatic carbocycles. The smallest absolute Gasteiger partial charge is 0.263 e. The fourth-order valence-corrected chi connectivity index (χ4v) is 5.35. The van der Waals surface area contributed by atoms with Crippen LogP contribution in [0.2, 0.25) is 0 Å². The molecular weight excluding hydrogens is 338 g/mol. The monoisotopic (exact) mass is 361 g/mol. The first-order chi connectivity index (χ1) is 11.7. The number of aromatic nitrogens is 2. The molecule has 0 N–H and O–H groups in total. The Morgan fingerprint density at radius 2 is 2.21 bits per heavy atom. The van der Waals surface area contributed by atoms with E-state index in [9.17, 15) is 4.79 Å². The number of nitriles is 1. The second kappa shape index (κ2) is 7.71. The van der Waals surface area contributed by atoms with Crippen molar-refractivity contribution in [3.63, 3.8) is 0 Å². The Balaban J connectivity index is 2.02. The highest BCUT2D eigenvalue weighted by Gasteiger charge is 2.23. The van der Waals surface area contributed by atoms with Crippen LogP contribution < -0.4 is 5.56 Å². The first kappa shape index (κ1) is 17.5. The SMILES string of the molecule is CCCCCCn1c(SC(C)C#N)nc2sc3c(c2c1=O)CCC3. The molecule has 0 aromatic carbocycles. The van der Waals surface area contributed by atoms with Gasteiger partial charge in [-0.3, -0.25) is 9.36 Å². The molecule has 0 fully saturated rings. The van der Waals surface area contributed by atoms with Gasteiger partial charge in [-0.25, -0.2) is 4.98 Å². The zero-order valence-corrected chi connectivity index (χ0v) is 15.9. The zero-order chi connectivity index (χ0) is 17.1. The highest BCUT2D eigenvalue weighted by atomic mass is 32.2. The molecule has 1 unspecified atom stereocenters. The van der Waals surface area contributed by atoms with Gasteiger partial charge in [-0.2, -0.15) is 5.26 Å². The number of fused-ring (bicyclic) bond motifs is 3. The molecule has 4 nitrogen and oxygen atoms in total. The Morgan fingerprint density at radius 3 is 2.96 bits per heavy atom. The van der Waals surface area contributed by atoms with E-state index < -0.39 is 0 Å². The van der Waals surface area contributed by atoms with Gasteiger partial charge in [-0.1, -0.05) is 37.9 Å². The summed E-state index contributed by atoms with van der Waals surface area (Å²) in [5, 5.41) is 10.5. The van der Waals surface area contributed by atoms with Crippen molar-refractivity contribution in [2.75, 3.05) is 0 Å². The van der Waals surface area contributed by atoms with Crippen molar-refractivity contribution in [2.24, 2.45) is 0 Å². The predicted molar refractivity (Wildman–Crippen MR) is 101 cm³/mol. The Hall–Kier alpha value is -1.32. The summed E-state index contributed by atoms with van der Waals surface area (Å²) in [6.45, 7) is 4.74. The van der Waals surface area contributed by atoms with Crippen molar-refractivity contribution in [3.8, 4) is 6.07 Å². The van der Waals surface area contributed by atoms with Crippen LogP contribution in [0.4, 0.5) is 0 Å². The molecule has 6 heteroatoms. The van der Waals surface area contributed by atoms with Crippen molar-refractivity contribution in [3.05, 3.63) is 20.8 Å². The predicted octanol–water partition coefficient (Wildman–Crippen LogP) is 4.53. The lowest BCUT2D eigenvalue weighted by molar-refractivity contribution is 0.531. The molecule has 0 bridgehead atoms. The molecule has 3 rings (SSSR count). The number of hydrogen-bond donors (Lipinski definition) is 0. The summed E-state index contributed by atoms with van der Waals surface area (Å²) in [4.78, 5) is 20.1. The summed E-state index contributed by atoms with van der Waals surface area (Å²) in [6.07, 6.45) is 7.70. The number of thioether (sulfide) groups is 1. The van der Waals surface area contributed by atoms with Crippen LogP contribution in [-0.4, -0.2) is 14.8 Å². The van der Waals surface area contributed by atoms with Crippen LogP contribution in [0.15, 0.2) is 9.95 Å². The highest BCUT2D eigenvalue weighted by Crippen LogP contribution is 2.36. The van der Waals surface area contributed by atoms with Crippen molar-refractivity contribution < 1.29 is 0 Å². The summed E-state index contributed by atoms with van der Waals surface area (Å²) in [6, 6.07) is 2.23. The van der Waals surface area contributed by atoms with Crippen LogP contribution in [0, 0.1) is 11.3 Å². The van der Waals surface area contributed by atoms with Crippen LogP contribution in [0.5, 0.6) is 0 Å². The molecule has 0 radical (unpaired) electrons. The van der Waals surface area contributed by atoms with Gasteiger partial charge < -0.3 is 0 Å².